The number of benzene rings is 1. The van der Waals surface area contributed by atoms with Gasteiger partial charge in [0.2, 0.25) is 5.91 Å². The zero-order valence-corrected chi connectivity index (χ0v) is 14.6. The molecule has 0 spiro atoms. The van der Waals surface area contributed by atoms with Crippen molar-refractivity contribution in [3.8, 4) is 0 Å². The first-order chi connectivity index (χ1) is 11.1. The Hall–Kier alpha value is -2.08. The van der Waals surface area contributed by atoms with E-state index >= 15 is 0 Å². The van der Waals surface area contributed by atoms with E-state index in [0.29, 0.717) is 6.54 Å². The first kappa shape index (κ1) is 17.3. The molecule has 6 heteroatoms. The Bertz CT molecular complexity index is 700. The monoisotopic (exact) mass is 377 g/mol. The summed E-state index contributed by atoms with van der Waals surface area (Å²) < 4.78 is 2.16. The molecule has 0 saturated heterocycles. The molecule has 1 amide bonds. The maximum absolute atomic E-state index is 11.9. The molecule has 122 valence electrons. The summed E-state index contributed by atoms with van der Waals surface area (Å²) in [6.45, 7) is 1.46. The molecule has 1 aromatic heterocycles. The summed E-state index contributed by atoms with van der Waals surface area (Å²) in [7, 11) is 2.03. The van der Waals surface area contributed by atoms with Crippen molar-refractivity contribution in [1.82, 2.24) is 9.88 Å². The summed E-state index contributed by atoms with van der Waals surface area (Å²) in [4.78, 5) is 25.7. The molecule has 0 aliphatic rings. The predicted octanol–water partition coefficient (Wildman–Crippen LogP) is 2.25. The molecule has 0 radical (unpaired) electrons. The lowest BCUT2D eigenvalue weighted by molar-refractivity contribution is -0.121. The highest BCUT2D eigenvalue weighted by molar-refractivity contribution is 9.10. The van der Waals surface area contributed by atoms with Gasteiger partial charge in [-0.05, 0) is 40.5 Å². The van der Waals surface area contributed by atoms with E-state index in [4.69, 9.17) is 0 Å². The van der Waals surface area contributed by atoms with Crippen LogP contribution in [0.15, 0.2) is 57.9 Å². The van der Waals surface area contributed by atoms with Crippen molar-refractivity contribution < 1.29 is 4.79 Å². The number of anilines is 1. The number of carbonyl (C=O) groups excluding carboxylic acids is 1. The van der Waals surface area contributed by atoms with E-state index in [-0.39, 0.29) is 18.0 Å². The molecule has 5 nitrogen and oxygen atoms in total. The molecule has 2 rings (SSSR count). The van der Waals surface area contributed by atoms with E-state index in [0.717, 1.165) is 23.1 Å². The molecule has 0 aliphatic heterocycles. The molecule has 0 bridgehead atoms. The first-order valence-electron chi connectivity index (χ1n) is 7.45. The van der Waals surface area contributed by atoms with E-state index in [1.54, 1.807) is 12.3 Å². The van der Waals surface area contributed by atoms with Crippen LogP contribution in [0.2, 0.25) is 0 Å². The van der Waals surface area contributed by atoms with Crippen LogP contribution >= 0.6 is 15.9 Å². The summed E-state index contributed by atoms with van der Waals surface area (Å²) in [5.41, 5.74) is 0.965. The molecule has 0 aliphatic carbocycles. The Kier molecular flexibility index (Phi) is 6.40. The summed E-state index contributed by atoms with van der Waals surface area (Å²) >= 11 is 3.29. The summed E-state index contributed by atoms with van der Waals surface area (Å²) in [6, 6.07) is 13.2. The third-order valence-electron chi connectivity index (χ3n) is 3.45. The van der Waals surface area contributed by atoms with Crippen LogP contribution in [-0.4, -0.2) is 30.6 Å². The highest BCUT2D eigenvalue weighted by atomic mass is 79.9. The van der Waals surface area contributed by atoms with Gasteiger partial charge in [-0.3, -0.25) is 9.59 Å². The zero-order chi connectivity index (χ0) is 16.7. The van der Waals surface area contributed by atoms with Crippen molar-refractivity contribution in [2.75, 3.05) is 25.0 Å². The standard InChI is InChI=1S/C17H20BrN3O2/c1-20(15-6-3-2-4-7-15)11-5-10-19-16(22)13-21-12-14(18)8-9-17(21)23/h2-4,6-9,12H,5,10-11,13H2,1H3,(H,19,22). The number of nitrogens with zero attached hydrogens (tertiary/aromatic N) is 2. The maximum atomic E-state index is 11.9. The summed E-state index contributed by atoms with van der Waals surface area (Å²) in [5, 5.41) is 2.84. The third kappa shape index (κ3) is 5.56. The molecule has 0 unspecified atom stereocenters. The fourth-order valence-corrected chi connectivity index (χ4v) is 2.57. The van der Waals surface area contributed by atoms with Gasteiger partial charge in [-0.15, -0.1) is 0 Å². The second-order valence-electron chi connectivity index (χ2n) is 5.27. The molecule has 1 N–H and O–H groups in total. The highest BCUT2D eigenvalue weighted by Crippen LogP contribution is 2.10. The summed E-state index contributed by atoms with van der Waals surface area (Å²) in [6.07, 6.45) is 2.45. The first-order valence-corrected chi connectivity index (χ1v) is 8.24. The highest BCUT2D eigenvalue weighted by Gasteiger charge is 2.05. The molecule has 2 aromatic rings. The van der Waals surface area contributed by atoms with Crippen LogP contribution in [-0.2, 0) is 11.3 Å². The number of halogens is 1. The number of nitrogens with one attached hydrogen (secondary N) is 1. The third-order valence-corrected chi connectivity index (χ3v) is 3.92. The molecule has 1 aromatic carbocycles. The number of para-hydroxylation sites is 1. The molecular formula is C17H20BrN3O2. The van der Waals surface area contributed by atoms with Crippen LogP contribution in [0.5, 0.6) is 0 Å². The Balaban J connectivity index is 1.73. The molecule has 1 heterocycles. The fourth-order valence-electron chi connectivity index (χ4n) is 2.19. The second-order valence-corrected chi connectivity index (χ2v) is 6.19. The predicted molar refractivity (Wildman–Crippen MR) is 95.7 cm³/mol. The van der Waals surface area contributed by atoms with Crippen LogP contribution in [0.4, 0.5) is 5.69 Å². The van der Waals surface area contributed by atoms with Gasteiger partial charge in [0.15, 0.2) is 0 Å². The van der Waals surface area contributed by atoms with Crippen molar-refractivity contribution in [3.05, 3.63) is 63.5 Å². The van der Waals surface area contributed by atoms with Crippen LogP contribution in [0.3, 0.4) is 0 Å². The SMILES string of the molecule is CN(CCCNC(=O)Cn1cc(Br)ccc1=O)c1ccccc1. The quantitative estimate of drug-likeness (QED) is 0.752. The lowest BCUT2D eigenvalue weighted by Crippen LogP contribution is -2.33. The lowest BCUT2D eigenvalue weighted by atomic mass is 10.3. The number of aromatic nitrogens is 1. The van der Waals surface area contributed by atoms with Gasteiger partial charge < -0.3 is 14.8 Å². The molecular weight excluding hydrogens is 358 g/mol. The van der Waals surface area contributed by atoms with Gasteiger partial charge in [-0.25, -0.2) is 0 Å². The lowest BCUT2D eigenvalue weighted by Gasteiger charge is -2.19. The number of hydrogen-bond acceptors (Lipinski definition) is 3. The van der Waals surface area contributed by atoms with Gasteiger partial charge in [0.25, 0.3) is 5.56 Å². The Morgan fingerprint density at radius 2 is 1.96 bits per heavy atom. The Morgan fingerprint density at radius 1 is 1.22 bits per heavy atom. The van der Waals surface area contributed by atoms with E-state index in [9.17, 15) is 9.59 Å². The van der Waals surface area contributed by atoms with Crippen molar-refractivity contribution in [2.45, 2.75) is 13.0 Å². The Labute approximate surface area is 144 Å². The topological polar surface area (TPSA) is 54.3 Å². The van der Waals surface area contributed by atoms with Crippen LogP contribution < -0.4 is 15.8 Å². The molecule has 23 heavy (non-hydrogen) atoms. The molecule has 0 fully saturated rings. The van der Waals surface area contributed by atoms with Crippen LogP contribution in [0.1, 0.15) is 6.42 Å². The largest absolute Gasteiger partial charge is 0.375 e. The molecule has 0 atom stereocenters. The maximum Gasteiger partial charge on any atom is 0.251 e. The average molecular weight is 378 g/mol. The second kappa shape index (κ2) is 8.53. The normalized spacial score (nSPS) is 10.3. The van der Waals surface area contributed by atoms with E-state index in [2.05, 4.69) is 38.3 Å². The summed E-state index contributed by atoms with van der Waals surface area (Å²) in [5.74, 6) is -0.160. The van der Waals surface area contributed by atoms with Crippen molar-refractivity contribution in [1.29, 1.82) is 0 Å². The van der Waals surface area contributed by atoms with Gasteiger partial charge >= 0.3 is 0 Å². The van der Waals surface area contributed by atoms with Crippen molar-refractivity contribution in [3.63, 3.8) is 0 Å². The molecule has 0 saturated carbocycles. The van der Waals surface area contributed by atoms with Gasteiger partial charge in [-0.1, -0.05) is 18.2 Å². The van der Waals surface area contributed by atoms with E-state index in [1.807, 2.05) is 25.2 Å². The number of amides is 1. The van der Waals surface area contributed by atoms with Crippen LogP contribution in [0.25, 0.3) is 0 Å². The average Bonchev–Trinajstić information content (AvgIpc) is 2.55. The Morgan fingerprint density at radius 3 is 2.70 bits per heavy atom. The van der Waals surface area contributed by atoms with Crippen molar-refractivity contribution in [2.24, 2.45) is 0 Å². The van der Waals surface area contributed by atoms with Crippen LogP contribution in [0, 0.1) is 0 Å². The van der Waals surface area contributed by atoms with E-state index in [1.165, 1.54) is 10.6 Å². The number of rotatable bonds is 7. The van der Waals surface area contributed by atoms with Gasteiger partial charge in [0, 0.05) is 42.6 Å². The van der Waals surface area contributed by atoms with Crippen molar-refractivity contribution >= 4 is 27.5 Å². The van der Waals surface area contributed by atoms with E-state index < -0.39 is 0 Å². The number of carbonyl (C=O) groups is 1. The smallest absolute Gasteiger partial charge is 0.251 e. The zero-order valence-electron chi connectivity index (χ0n) is 13.0. The number of hydrogen-bond donors (Lipinski definition) is 1. The van der Waals surface area contributed by atoms with Gasteiger partial charge in [0.1, 0.15) is 6.54 Å². The number of pyridine rings is 1. The minimum absolute atomic E-state index is 0.0345. The van der Waals surface area contributed by atoms with Gasteiger partial charge in [0.05, 0.1) is 0 Å². The van der Waals surface area contributed by atoms with Gasteiger partial charge in [-0.2, -0.15) is 0 Å². The minimum Gasteiger partial charge on any atom is -0.375 e. The fraction of sp³-hybridized carbons (Fsp3) is 0.294. The minimum atomic E-state index is -0.188.